The maximum absolute atomic E-state index is 12.5. The van der Waals surface area contributed by atoms with Crippen LogP contribution in [0.3, 0.4) is 0 Å². The van der Waals surface area contributed by atoms with Gasteiger partial charge in [0.15, 0.2) is 5.76 Å². The van der Waals surface area contributed by atoms with Crippen molar-refractivity contribution in [2.24, 2.45) is 0 Å². The molecule has 1 fully saturated rings. The quantitative estimate of drug-likeness (QED) is 0.600. The highest BCUT2D eigenvalue weighted by Gasteiger charge is 2.32. The lowest BCUT2D eigenvalue weighted by Crippen LogP contribution is -2.49. The highest BCUT2D eigenvalue weighted by atomic mass is 19.4. The fourth-order valence-corrected chi connectivity index (χ4v) is 2.44. The van der Waals surface area contributed by atoms with E-state index in [1.165, 1.54) is 11.0 Å². The minimum Gasteiger partial charge on any atom is -0.395 e. The molecule has 138 valence electrons. The summed E-state index contributed by atoms with van der Waals surface area (Å²) >= 11 is 0. The Labute approximate surface area is 144 Å². The second-order valence-corrected chi connectivity index (χ2v) is 5.44. The Morgan fingerprint density at radius 3 is 2.27 bits per heavy atom. The lowest BCUT2D eigenvalue weighted by molar-refractivity contribution is -0.402. The van der Waals surface area contributed by atoms with Gasteiger partial charge in [0.25, 0.3) is 5.91 Å². The number of anilines is 1. The summed E-state index contributed by atoms with van der Waals surface area (Å²) in [5, 5.41) is 10.6. The van der Waals surface area contributed by atoms with E-state index in [1.54, 1.807) is 4.90 Å². The maximum atomic E-state index is 12.5. The number of halogens is 3. The summed E-state index contributed by atoms with van der Waals surface area (Å²) < 4.78 is 42.5. The smallest absolute Gasteiger partial charge is 0.395 e. The van der Waals surface area contributed by atoms with Crippen LogP contribution < -0.4 is 4.90 Å². The first-order chi connectivity index (χ1) is 12.3. The van der Waals surface area contributed by atoms with Gasteiger partial charge in [-0.3, -0.25) is 14.9 Å². The molecule has 0 spiro atoms. The molecular weight excluding hydrogens is 359 g/mol. The van der Waals surface area contributed by atoms with Crippen LogP contribution >= 0.6 is 0 Å². The molecule has 0 atom stereocenters. The second kappa shape index (κ2) is 6.61. The second-order valence-electron chi connectivity index (χ2n) is 5.44. The average molecular weight is 371 g/mol. The molecule has 0 saturated carbocycles. The van der Waals surface area contributed by atoms with E-state index in [4.69, 9.17) is 4.42 Å². The molecule has 2 aromatic rings. The number of alkyl halides is 3. The maximum Gasteiger partial charge on any atom is 0.433 e. The molecule has 0 bridgehead atoms. The molecule has 1 aliphatic heterocycles. The number of piperazine rings is 1. The van der Waals surface area contributed by atoms with Crippen molar-refractivity contribution in [2.75, 3.05) is 31.1 Å². The molecule has 9 nitrogen and oxygen atoms in total. The van der Waals surface area contributed by atoms with Crippen molar-refractivity contribution in [1.29, 1.82) is 0 Å². The number of carbonyl (C=O) groups excluding carboxylic acids is 1. The molecule has 3 heterocycles. The molecule has 0 unspecified atom stereocenters. The third-order valence-electron chi connectivity index (χ3n) is 3.80. The molecule has 0 aliphatic carbocycles. The van der Waals surface area contributed by atoms with E-state index in [-0.39, 0.29) is 24.8 Å². The molecule has 2 aromatic heterocycles. The summed E-state index contributed by atoms with van der Waals surface area (Å²) in [6.07, 6.45) is -3.08. The molecule has 1 saturated heterocycles. The Hall–Kier alpha value is -3.18. The molecule has 26 heavy (non-hydrogen) atoms. The Balaban J connectivity index is 1.61. The lowest BCUT2D eigenvalue weighted by Gasteiger charge is -2.34. The predicted octanol–water partition coefficient (Wildman–Crippen LogP) is 1.96. The van der Waals surface area contributed by atoms with E-state index in [9.17, 15) is 28.1 Å². The molecular formula is C14H12F3N5O4. The monoisotopic (exact) mass is 371 g/mol. The van der Waals surface area contributed by atoms with Crippen molar-refractivity contribution in [3.05, 3.63) is 46.0 Å². The van der Waals surface area contributed by atoms with Crippen molar-refractivity contribution in [2.45, 2.75) is 6.18 Å². The van der Waals surface area contributed by atoms with Crippen LogP contribution in [-0.2, 0) is 6.18 Å². The first kappa shape index (κ1) is 17.6. The SMILES string of the molecule is O=C(c1ccc([N+](=O)[O-])o1)N1CCN(c2ncc(C(F)(F)F)cn2)CC1. The standard InChI is InChI=1S/C14H12F3N5O4/c15-14(16,17)9-7-18-13(19-8-9)21-5-3-20(4-6-21)12(23)10-1-2-11(26-10)22(24)25/h1-2,7-8H,3-6H2. The fraction of sp³-hybridized carbons (Fsp3) is 0.357. The van der Waals surface area contributed by atoms with Gasteiger partial charge in [0.05, 0.1) is 11.6 Å². The number of aromatic nitrogens is 2. The Kier molecular flexibility index (Phi) is 4.49. The number of rotatable bonds is 3. The summed E-state index contributed by atoms with van der Waals surface area (Å²) in [7, 11) is 0. The molecule has 1 aliphatic rings. The number of carbonyl (C=O) groups is 1. The van der Waals surface area contributed by atoms with Gasteiger partial charge < -0.3 is 14.2 Å². The lowest BCUT2D eigenvalue weighted by atomic mass is 10.3. The average Bonchev–Trinajstić information content (AvgIpc) is 3.11. The van der Waals surface area contributed by atoms with E-state index < -0.39 is 28.5 Å². The first-order valence-corrected chi connectivity index (χ1v) is 7.43. The first-order valence-electron chi connectivity index (χ1n) is 7.43. The number of hydrogen-bond acceptors (Lipinski definition) is 7. The largest absolute Gasteiger partial charge is 0.433 e. The van der Waals surface area contributed by atoms with Crippen LogP contribution in [0.4, 0.5) is 25.0 Å². The summed E-state index contributed by atoms with van der Waals surface area (Å²) in [4.78, 5) is 32.6. The van der Waals surface area contributed by atoms with Crippen LogP contribution in [-0.4, -0.2) is 51.9 Å². The Bertz CT molecular complexity index is 813. The Morgan fingerprint density at radius 1 is 1.15 bits per heavy atom. The molecule has 0 radical (unpaired) electrons. The fourth-order valence-electron chi connectivity index (χ4n) is 2.44. The Morgan fingerprint density at radius 2 is 1.77 bits per heavy atom. The number of hydrogen-bond donors (Lipinski definition) is 0. The molecule has 0 N–H and O–H groups in total. The third-order valence-corrected chi connectivity index (χ3v) is 3.80. The van der Waals surface area contributed by atoms with Crippen molar-refractivity contribution >= 4 is 17.7 Å². The number of furan rings is 1. The minimum absolute atomic E-state index is 0.138. The van der Waals surface area contributed by atoms with Gasteiger partial charge in [-0.1, -0.05) is 0 Å². The number of nitro groups is 1. The van der Waals surface area contributed by atoms with Gasteiger partial charge in [-0.15, -0.1) is 0 Å². The van der Waals surface area contributed by atoms with Crippen molar-refractivity contribution in [3.63, 3.8) is 0 Å². The van der Waals surface area contributed by atoms with Crippen LogP contribution in [0.5, 0.6) is 0 Å². The highest BCUT2D eigenvalue weighted by molar-refractivity contribution is 5.91. The van der Waals surface area contributed by atoms with Gasteiger partial charge in [0, 0.05) is 38.6 Å². The topological polar surface area (TPSA) is 106 Å². The zero-order valence-corrected chi connectivity index (χ0v) is 13.1. The van der Waals surface area contributed by atoms with Crippen LogP contribution in [0.2, 0.25) is 0 Å². The van der Waals surface area contributed by atoms with Crippen LogP contribution in [0, 0.1) is 10.1 Å². The molecule has 12 heteroatoms. The van der Waals surface area contributed by atoms with Gasteiger partial charge in [-0.05, 0) is 6.07 Å². The van der Waals surface area contributed by atoms with Crippen molar-refractivity contribution < 1.29 is 27.3 Å². The molecule has 0 aromatic carbocycles. The van der Waals surface area contributed by atoms with Gasteiger partial charge >= 0.3 is 12.1 Å². The molecule has 1 amide bonds. The number of amides is 1. The van der Waals surface area contributed by atoms with Gasteiger partial charge in [0.1, 0.15) is 4.92 Å². The minimum atomic E-state index is -4.50. The zero-order chi connectivity index (χ0) is 18.9. The summed E-state index contributed by atoms with van der Waals surface area (Å²) in [6, 6.07) is 2.32. The van der Waals surface area contributed by atoms with Crippen LogP contribution in [0.1, 0.15) is 16.1 Å². The predicted molar refractivity (Wildman–Crippen MR) is 80.5 cm³/mol. The summed E-state index contributed by atoms with van der Waals surface area (Å²) in [5.74, 6) is -1.02. The van der Waals surface area contributed by atoms with Gasteiger partial charge in [0.2, 0.25) is 5.95 Å². The van der Waals surface area contributed by atoms with Crippen LogP contribution in [0.25, 0.3) is 0 Å². The third kappa shape index (κ3) is 3.58. The zero-order valence-electron chi connectivity index (χ0n) is 13.1. The van der Waals surface area contributed by atoms with Gasteiger partial charge in [-0.25, -0.2) is 9.97 Å². The number of nitrogens with zero attached hydrogens (tertiary/aromatic N) is 5. The molecule has 3 rings (SSSR count). The van der Waals surface area contributed by atoms with Gasteiger partial charge in [-0.2, -0.15) is 13.2 Å². The van der Waals surface area contributed by atoms with E-state index in [0.29, 0.717) is 25.5 Å². The van der Waals surface area contributed by atoms with E-state index in [2.05, 4.69) is 9.97 Å². The summed E-state index contributed by atoms with van der Waals surface area (Å²) in [5.41, 5.74) is -0.936. The van der Waals surface area contributed by atoms with E-state index in [0.717, 1.165) is 6.07 Å². The van der Waals surface area contributed by atoms with E-state index >= 15 is 0 Å². The van der Waals surface area contributed by atoms with Crippen molar-refractivity contribution in [1.82, 2.24) is 14.9 Å². The van der Waals surface area contributed by atoms with Crippen LogP contribution in [0.15, 0.2) is 28.9 Å². The highest BCUT2D eigenvalue weighted by Crippen LogP contribution is 2.28. The summed E-state index contributed by atoms with van der Waals surface area (Å²) in [6.45, 7) is 1.11. The van der Waals surface area contributed by atoms with Crippen molar-refractivity contribution in [3.8, 4) is 0 Å². The normalized spacial score (nSPS) is 15.2. The van der Waals surface area contributed by atoms with E-state index in [1.807, 2.05) is 0 Å².